The van der Waals surface area contributed by atoms with Crippen LogP contribution in [0.15, 0.2) is 53.7 Å². The van der Waals surface area contributed by atoms with E-state index in [4.69, 9.17) is 12.2 Å². The maximum absolute atomic E-state index is 13.7. The van der Waals surface area contributed by atoms with E-state index in [2.05, 4.69) is 42.0 Å². The summed E-state index contributed by atoms with van der Waals surface area (Å²) in [5.41, 5.74) is 6.74. The van der Waals surface area contributed by atoms with Crippen molar-refractivity contribution in [3.05, 3.63) is 82.6 Å². The third-order valence-corrected chi connectivity index (χ3v) is 5.51. The van der Waals surface area contributed by atoms with Gasteiger partial charge in [0.2, 0.25) is 11.9 Å². The van der Waals surface area contributed by atoms with Gasteiger partial charge in [-0.25, -0.2) is 14.4 Å². The molecule has 4 rings (SSSR count). The molecule has 0 aliphatic rings. The van der Waals surface area contributed by atoms with Crippen molar-refractivity contribution in [2.75, 3.05) is 17.2 Å². The zero-order valence-electron chi connectivity index (χ0n) is 20.2. The smallest absolute Gasteiger partial charge is 0.229 e. The number of aryl methyl sites for hydroxylation is 4. The molecule has 0 spiro atoms. The molecule has 0 saturated heterocycles. The lowest BCUT2D eigenvalue weighted by Gasteiger charge is -2.15. The zero-order chi connectivity index (χ0) is 24.9. The van der Waals surface area contributed by atoms with Crippen LogP contribution in [0.5, 0.6) is 0 Å². The Kier molecular flexibility index (Phi) is 7.36. The van der Waals surface area contributed by atoms with Gasteiger partial charge in [0.15, 0.2) is 5.11 Å². The van der Waals surface area contributed by atoms with Crippen molar-refractivity contribution in [3.63, 3.8) is 0 Å². The number of H-pyrrole nitrogens is 1. The average molecular weight is 490 g/mol. The van der Waals surface area contributed by atoms with E-state index >= 15 is 0 Å². The van der Waals surface area contributed by atoms with Crippen LogP contribution in [-0.4, -0.2) is 32.6 Å². The summed E-state index contributed by atoms with van der Waals surface area (Å²) in [5.74, 6) is 0.584. The van der Waals surface area contributed by atoms with Crippen LogP contribution in [-0.2, 0) is 6.42 Å². The molecule has 2 heterocycles. The topological polar surface area (TPSA) is 90.0 Å². The number of nitrogens with one attached hydrogen (secondary N) is 4. The summed E-state index contributed by atoms with van der Waals surface area (Å²) in [7, 11) is 0. The Bertz CT molecular complexity index is 1370. The largest absolute Gasteiger partial charge is 0.361 e. The number of benzene rings is 2. The molecule has 0 radical (unpaired) electrons. The number of aromatic amines is 1. The van der Waals surface area contributed by atoms with Gasteiger partial charge in [-0.1, -0.05) is 6.07 Å². The molecule has 2 aromatic heterocycles. The van der Waals surface area contributed by atoms with Crippen molar-refractivity contribution in [1.82, 2.24) is 20.3 Å². The first kappa shape index (κ1) is 24.3. The molecule has 0 bridgehead atoms. The van der Waals surface area contributed by atoms with Gasteiger partial charge in [-0.2, -0.15) is 0 Å². The van der Waals surface area contributed by atoms with Crippen molar-refractivity contribution in [1.29, 1.82) is 0 Å². The summed E-state index contributed by atoms with van der Waals surface area (Å²) < 4.78 is 13.7. The molecule has 0 saturated carbocycles. The molecule has 35 heavy (non-hydrogen) atoms. The van der Waals surface area contributed by atoms with Crippen LogP contribution in [0.2, 0.25) is 0 Å². The molecule has 0 atom stereocenters. The fourth-order valence-corrected chi connectivity index (χ4v) is 4.17. The summed E-state index contributed by atoms with van der Waals surface area (Å²) in [5, 5.41) is 10.7. The van der Waals surface area contributed by atoms with Crippen LogP contribution in [0.1, 0.15) is 28.1 Å². The van der Waals surface area contributed by atoms with E-state index in [1.54, 1.807) is 6.07 Å². The fraction of sp³-hybridized carbons (Fsp3) is 0.231. The summed E-state index contributed by atoms with van der Waals surface area (Å²) in [6.07, 6.45) is 2.50. The van der Waals surface area contributed by atoms with Gasteiger partial charge in [0.05, 0.1) is 0 Å². The Morgan fingerprint density at radius 1 is 0.971 bits per heavy atom. The Morgan fingerprint density at radius 3 is 2.40 bits per heavy atom. The van der Waals surface area contributed by atoms with E-state index in [-0.39, 0.29) is 5.82 Å². The summed E-state index contributed by atoms with van der Waals surface area (Å²) in [6, 6.07) is 12.8. The van der Waals surface area contributed by atoms with Crippen LogP contribution in [0.25, 0.3) is 10.9 Å². The normalized spacial score (nSPS) is 11.5. The number of rotatable bonds is 5. The molecule has 2 aromatic carbocycles. The Hall–Kier alpha value is -3.85. The van der Waals surface area contributed by atoms with Crippen LogP contribution in [0.4, 0.5) is 16.0 Å². The molecule has 0 amide bonds. The minimum Gasteiger partial charge on any atom is -0.361 e. The van der Waals surface area contributed by atoms with Gasteiger partial charge in [0.1, 0.15) is 5.82 Å². The minimum absolute atomic E-state index is 0.263. The van der Waals surface area contributed by atoms with Gasteiger partial charge >= 0.3 is 0 Å². The SMILES string of the molecule is Cc1cc(C)cc(NC(=S)NC(=NCCc2c[nH]c3ccc(F)cc23)Nc2nc(C)cc(C)n2)c1. The first-order chi connectivity index (χ1) is 16.7. The highest BCUT2D eigenvalue weighted by molar-refractivity contribution is 7.80. The standard InChI is InChI=1S/C26H28FN7S/c1-15-9-16(2)11-21(10-15)32-26(35)34-24(33-25-30-17(3)12-18(4)31-25)28-8-7-19-14-29-23-6-5-20(27)13-22(19)23/h5-6,9-14,29H,7-8H2,1-4H3,(H3,28,30,31,32,33,34,35). The molecule has 7 nitrogen and oxygen atoms in total. The van der Waals surface area contributed by atoms with Crippen molar-refractivity contribution < 1.29 is 4.39 Å². The van der Waals surface area contributed by atoms with Gasteiger partial charge in [-0.3, -0.25) is 10.3 Å². The number of halogens is 1. The number of hydrogen-bond donors (Lipinski definition) is 4. The van der Waals surface area contributed by atoms with E-state index in [1.807, 2.05) is 52.1 Å². The Labute approximate surface area is 209 Å². The second kappa shape index (κ2) is 10.6. The molecule has 9 heteroatoms. The predicted molar refractivity (Wildman–Crippen MR) is 145 cm³/mol. The second-order valence-corrected chi connectivity index (χ2v) is 8.95. The predicted octanol–water partition coefficient (Wildman–Crippen LogP) is 5.33. The lowest BCUT2D eigenvalue weighted by atomic mass is 10.1. The molecule has 4 aromatic rings. The Balaban J connectivity index is 1.52. The average Bonchev–Trinajstić information content (AvgIpc) is 3.14. The van der Waals surface area contributed by atoms with Crippen molar-refractivity contribution in [2.24, 2.45) is 4.99 Å². The number of hydrogen-bond acceptors (Lipinski definition) is 4. The second-order valence-electron chi connectivity index (χ2n) is 8.54. The summed E-state index contributed by atoms with van der Waals surface area (Å²) in [4.78, 5) is 16.7. The number of thiocarbonyl (C=S) groups is 1. The number of fused-ring (bicyclic) bond motifs is 1. The number of aromatic nitrogens is 3. The third-order valence-electron chi connectivity index (χ3n) is 5.30. The molecule has 0 fully saturated rings. The molecule has 180 valence electrons. The highest BCUT2D eigenvalue weighted by atomic mass is 32.1. The summed E-state index contributed by atoms with van der Waals surface area (Å²) in [6.45, 7) is 8.34. The lowest BCUT2D eigenvalue weighted by molar-refractivity contribution is 0.629. The van der Waals surface area contributed by atoms with Gasteiger partial charge < -0.3 is 15.6 Å². The number of aliphatic imine (C=N–C) groups is 1. The number of anilines is 2. The zero-order valence-corrected chi connectivity index (χ0v) is 21.0. The fourth-order valence-electron chi connectivity index (χ4n) is 3.96. The molecule has 4 N–H and O–H groups in total. The van der Waals surface area contributed by atoms with E-state index in [1.165, 1.54) is 12.1 Å². The van der Waals surface area contributed by atoms with Crippen molar-refractivity contribution in [3.8, 4) is 0 Å². The van der Waals surface area contributed by atoms with Crippen LogP contribution in [0.3, 0.4) is 0 Å². The minimum atomic E-state index is -0.263. The molecule has 0 aliphatic heterocycles. The molecule has 0 aliphatic carbocycles. The van der Waals surface area contributed by atoms with E-state index < -0.39 is 0 Å². The van der Waals surface area contributed by atoms with Crippen LogP contribution < -0.4 is 16.0 Å². The molecular formula is C26H28FN7S. The lowest BCUT2D eigenvalue weighted by Crippen LogP contribution is -2.39. The molecule has 0 unspecified atom stereocenters. The third kappa shape index (κ3) is 6.60. The summed E-state index contributed by atoms with van der Waals surface area (Å²) >= 11 is 5.54. The number of nitrogens with zero attached hydrogens (tertiary/aromatic N) is 3. The van der Waals surface area contributed by atoms with Gasteiger partial charge in [0.25, 0.3) is 0 Å². The maximum atomic E-state index is 13.7. The van der Waals surface area contributed by atoms with Crippen LogP contribution in [0, 0.1) is 33.5 Å². The highest BCUT2D eigenvalue weighted by Gasteiger charge is 2.09. The molecular weight excluding hydrogens is 461 g/mol. The van der Waals surface area contributed by atoms with Gasteiger partial charge in [0, 0.05) is 40.7 Å². The maximum Gasteiger partial charge on any atom is 0.229 e. The van der Waals surface area contributed by atoms with Gasteiger partial charge in [-0.15, -0.1) is 0 Å². The van der Waals surface area contributed by atoms with E-state index in [0.717, 1.165) is 44.7 Å². The van der Waals surface area contributed by atoms with Crippen LogP contribution >= 0.6 is 12.2 Å². The first-order valence-corrected chi connectivity index (χ1v) is 11.7. The van der Waals surface area contributed by atoms with Gasteiger partial charge in [-0.05, 0) is 99.4 Å². The van der Waals surface area contributed by atoms with E-state index in [9.17, 15) is 4.39 Å². The highest BCUT2D eigenvalue weighted by Crippen LogP contribution is 2.20. The monoisotopic (exact) mass is 489 g/mol. The number of guanidine groups is 1. The van der Waals surface area contributed by atoms with E-state index in [0.29, 0.717) is 30.0 Å². The Morgan fingerprint density at radius 2 is 1.69 bits per heavy atom. The first-order valence-electron chi connectivity index (χ1n) is 11.3. The van der Waals surface area contributed by atoms with Crippen molar-refractivity contribution in [2.45, 2.75) is 34.1 Å². The quantitative estimate of drug-likeness (QED) is 0.172. The van der Waals surface area contributed by atoms with Crippen molar-refractivity contribution >= 4 is 45.8 Å².